The van der Waals surface area contributed by atoms with Crippen molar-refractivity contribution in [3.05, 3.63) is 46.5 Å². The van der Waals surface area contributed by atoms with Gasteiger partial charge in [0.15, 0.2) is 11.5 Å². The Kier molecular flexibility index (Phi) is 10.4. The molecule has 39 heavy (non-hydrogen) atoms. The third-order valence-corrected chi connectivity index (χ3v) is 5.77. The van der Waals surface area contributed by atoms with Crippen LogP contribution in [-0.4, -0.2) is 86.5 Å². The summed E-state index contributed by atoms with van der Waals surface area (Å²) in [6.45, 7) is 5.90. The van der Waals surface area contributed by atoms with Crippen molar-refractivity contribution in [2.24, 2.45) is 0 Å². The summed E-state index contributed by atoms with van der Waals surface area (Å²) in [7, 11) is 0. The molecule has 0 fully saturated rings. The van der Waals surface area contributed by atoms with E-state index in [1.165, 1.54) is 17.0 Å². The van der Waals surface area contributed by atoms with E-state index in [0.717, 1.165) is 0 Å². The molecule has 0 spiro atoms. The molecule has 210 valence electrons. The number of nitrogens with zero attached hydrogens (tertiary/aromatic N) is 3. The number of aromatic nitrogens is 3. The average Bonchev–Trinajstić information content (AvgIpc) is 2.93. The summed E-state index contributed by atoms with van der Waals surface area (Å²) < 4.78 is 35.6. The Hall–Kier alpha value is -3.78. The summed E-state index contributed by atoms with van der Waals surface area (Å²) >= 11 is 0. The smallest absolute Gasteiger partial charge is 0.260 e. The van der Waals surface area contributed by atoms with E-state index in [2.05, 4.69) is 15.3 Å². The van der Waals surface area contributed by atoms with Gasteiger partial charge in [-0.3, -0.25) is 14.2 Å². The van der Waals surface area contributed by atoms with E-state index in [9.17, 15) is 9.59 Å². The fraction of sp³-hybridized carbons (Fsp3) is 0.462. The number of hydrogen-bond acceptors (Lipinski definition) is 11. The van der Waals surface area contributed by atoms with E-state index in [1.54, 1.807) is 18.2 Å². The first kappa shape index (κ1) is 28.2. The SMILES string of the molecule is CCn1c(NC(=O)c2cnc(N)nc2)cc2c3c(ccc2c1=O)OCCOCCOCCOCCOCCO3. The molecule has 0 bridgehead atoms. The van der Waals surface area contributed by atoms with Gasteiger partial charge in [0.1, 0.15) is 19.0 Å². The van der Waals surface area contributed by atoms with Gasteiger partial charge in [0.05, 0.1) is 63.8 Å². The minimum Gasteiger partial charge on any atom is -0.487 e. The molecular formula is C26H33N5O8. The standard InChI is InChI=1S/C26H33N5O8/c1-2-31-22(30-24(32)18-16-28-26(27)29-17-18)15-20-19(25(31)33)3-4-21-23(20)39-14-12-37-10-8-35-6-5-34-7-9-36-11-13-38-21/h3-4,15-17H,2,5-14H2,1H3,(H,30,32)(H2,27,28,29). The fourth-order valence-electron chi connectivity index (χ4n) is 3.88. The molecule has 3 aromatic rings. The van der Waals surface area contributed by atoms with Crippen molar-refractivity contribution in [3.63, 3.8) is 0 Å². The van der Waals surface area contributed by atoms with Crippen LogP contribution in [0.5, 0.6) is 11.5 Å². The lowest BCUT2D eigenvalue weighted by Gasteiger charge is -2.18. The van der Waals surface area contributed by atoms with Crippen LogP contribution < -0.4 is 26.1 Å². The summed E-state index contributed by atoms with van der Waals surface area (Å²) in [6, 6.07) is 5.06. The summed E-state index contributed by atoms with van der Waals surface area (Å²) in [5.74, 6) is 0.643. The number of anilines is 2. The van der Waals surface area contributed by atoms with Gasteiger partial charge in [-0.05, 0) is 25.1 Å². The van der Waals surface area contributed by atoms with Gasteiger partial charge in [-0.1, -0.05) is 0 Å². The molecule has 0 aliphatic carbocycles. The number of nitrogen functional groups attached to an aromatic ring is 1. The van der Waals surface area contributed by atoms with E-state index < -0.39 is 5.91 Å². The van der Waals surface area contributed by atoms with Crippen molar-refractivity contribution >= 4 is 28.4 Å². The first-order chi connectivity index (χ1) is 19.1. The molecule has 0 saturated carbocycles. The fourth-order valence-corrected chi connectivity index (χ4v) is 3.88. The van der Waals surface area contributed by atoms with Gasteiger partial charge in [-0.2, -0.15) is 0 Å². The topological polar surface area (TPSA) is 158 Å². The van der Waals surface area contributed by atoms with Crippen LogP contribution in [0.2, 0.25) is 0 Å². The maximum absolute atomic E-state index is 13.4. The minimum absolute atomic E-state index is 0.0514. The lowest BCUT2D eigenvalue weighted by molar-refractivity contribution is -0.00834. The zero-order chi connectivity index (χ0) is 27.5. The molecule has 1 aromatic carbocycles. The second-order valence-electron chi connectivity index (χ2n) is 8.36. The van der Waals surface area contributed by atoms with Crippen molar-refractivity contribution in [1.82, 2.24) is 14.5 Å². The Balaban J connectivity index is 1.64. The number of fused-ring (bicyclic) bond motifs is 3. The number of carbonyl (C=O) groups excluding carboxylic acids is 1. The van der Waals surface area contributed by atoms with Crippen LogP contribution in [0.4, 0.5) is 11.8 Å². The first-order valence-corrected chi connectivity index (χ1v) is 12.7. The number of nitrogens with one attached hydrogen (secondary N) is 1. The van der Waals surface area contributed by atoms with E-state index in [0.29, 0.717) is 81.7 Å². The molecule has 0 unspecified atom stereocenters. The lowest BCUT2D eigenvalue weighted by atomic mass is 10.1. The molecule has 0 radical (unpaired) electrons. The van der Waals surface area contributed by atoms with Gasteiger partial charge in [0.25, 0.3) is 11.5 Å². The summed E-state index contributed by atoms with van der Waals surface area (Å²) in [5.41, 5.74) is 5.43. The Morgan fingerprint density at radius 3 is 2.03 bits per heavy atom. The molecule has 1 aliphatic rings. The van der Waals surface area contributed by atoms with Crippen molar-refractivity contribution in [3.8, 4) is 11.5 Å². The largest absolute Gasteiger partial charge is 0.487 e. The molecule has 2 aromatic heterocycles. The van der Waals surface area contributed by atoms with Gasteiger partial charge in [0, 0.05) is 24.3 Å². The Bertz CT molecular complexity index is 1300. The maximum atomic E-state index is 13.4. The zero-order valence-corrected chi connectivity index (χ0v) is 21.8. The number of ether oxygens (including phenoxy) is 6. The highest BCUT2D eigenvalue weighted by Crippen LogP contribution is 2.36. The van der Waals surface area contributed by atoms with Crippen LogP contribution in [0.1, 0.15) is 17.3 Å². The van der Waals surface area contributed by atoms with Crippen molar-refractivity contribution in [2.45, 2.75) is 13.5 Å². The van der Waals surface area contributed by atoms with E-state index >= 15 is 0 Å². The van der Waals surface area contributed by atoms with Crippen LogP contribution in [0.15, 0.2) is 35.4 Å². The highest BCUT2D eigenvalue weighted by molar-refractivity contribution is 6.04. The monoisotopic (exact) mass is 543 g/mol. The highest BCUT2D eigenvalue weighted by Gasteiger charge is 2.18. The van der Waals surface area contributed by atoms with Crippen LogP contribution in [0.3, 0.4) is 0 Å². The molecule has 3 heterocycles. The van der Waals surface area contributed by atoms with Crippen LogP contribution >= 0.6 is 0 Å². The number of hydrogen-bond donors (Lipinski definition) is 2. The number of nitrogens with two attached hydrogens (primary N) is 1. The van der Waals surface area contributed by atoms with Gasteiger partial charge in [0.2, 0.25) is 5.95 Å². The number of rotatable bonds is 3. The van der Waals surface area contributed by atoms with Crippen LogP contribution in [0, 0.1) is 0 Å². The number of benzene rings is 1. The average molecular weight is 544 g/mol. The van der Waals surface area contributed by atoms with Gasteiger partial charge >= 0.3 is 0 Å². The maximum Gasteiger partial charge on any atom is 0.260 e. The quantitative estimate of drug-likeness (QED) is 0.493. The van der Waals surface area contributed by atoms with Crippen molar-refractivity contribution in [2.75, 3.05) is 77.1 Å². The van der Waals surface area contributed by atoms with Crippen LogP contribution in [-0.2, 0) is 25.5 Å². The number of amides is 1. The van der Waals surface area contributed by atoms with Gasteiger partial charge in [-0.15, -0.1) is 0 Å². The minimum atomic E-state index is -0.490. The molecule has 0 atom stereocenters. The van der Waals surface area contributed by atoms with E-state index in [1.807, 2.05) is 6.92 Å². The highest BCUT2D eigenvalue weighted by atomic mass is 16.6. The molecule has 1 aliphatic heterocycles. The van der Waals surface area contributed by atoms with E-state index in [-0.39, 0.29) is 36.1 Å². The molecule has 13 heteroatoms. The predicted molar refractivity (Wildman–Crippen MR) is 143 cm³/mol. The summed E-state index contributed by atoms with van der Waals surface area (Å²) in [6.07, 6.45) is 2.63. The van der Waals surface area contributed by atoms with Crippen LogP contribution in [0.25, 0.3) is 10.8 Å². The number of carbonyl (C=O) groups is 1. The Labute approximate surface area is 225 Å². The predicted octanol–water partition coefficient (Wildman–Crippen LogP) is 1.48. The lowest BCUT2D eigenvalue weighted by Crippen LogP contribution is -2.25. The molecule has 1 amide bonds. The second-order valence-corrected chi connectivity index (χ2v) is 8.36. The molecule has 4 rings (SSSR count). The van der Waals surface area contributed by atoms with Gasteiger partial charge < -0.3 is 39.5 Å². The molecular weight excluding hydrogens is 510 g/mol. The molecule has 3 N–H and O–H groups in total. The van der Waals surface area contributed by atoms with E-state index in [4.69, 9.17) is 34.2 Å². The van der Waals surface area contributed by atoms with Crippen molar-refractivity contribution < 1.29 is 33.2 Å². The first-order valence-electron chi connectivity index (χ1n) is 12.7. The zero-order valence-electron chi connectivity index (χ0n) is 21.8. The number of pyridine rings is 1. The third-order valence-electron chi connectivity index (χ3n) is 5.77. The molecule has 0 saturated heterocycles. The molecule has 13 nitrogen and oxygen atoms in total. The Morgan fingerprint density at radius 1 is 0.872 bits per heavy atom. The summed E-state index contributed by atoms with van der Waals surface area (Å²) in [5, 5.41) is 3.68. The third kappa shape index (κ3) is 7.63. The van der Waals surface area contributed by atoms with Gasteiger partial charge in [-0.25, -0.2) is 9.97 Å². The normalized spacial score (nSPS) is 16.2. The second kappa shape index (κ2) is 14.4. The van der Waals surface area contributed by atoms with Crippen molar-refractivity contribution in [1.29, 1.82) is 0 Å². The summed E-state index contributed by atoms with van der Waals surface area (Å²) in [4.78, 5) is 34.0. The Morgan fingerprint density at radius 2 is 1.44 bits per heavy atom.